The van der Waals surface area contributed by atoms with Gasteiger partial charge in [0.25, 0.3) is 11.8 Å². The highest BCUT2D eigenvalue weighted by molar-refractivity contribution is 6.07. The van der Waals surface area contributed by atoms with Gasteiger partial charge in [-0.25, -0.2) is 13.6 Å². The maximum Gasteiger partial charge on any atom is 0.325 e. The van der Waals surface area contributed by atoms with E-state index < -0.39 is 29.1 Å². The van der Waals surface area contributed by atoms with E-state index in [2.05, 4.69) is 20.8 Å². The van der Waals surface area contributed by atoms with Gasteiger partial charge < -0.3 is 15.2 Å². The molecular weight excluding hydrogens is 424 g/mol. The van der Waals surface area contributed by atoms with Crippen LogP contribution in [0.4, 0.5) is 13.6 Å². The molecule has 1 fully saturated rings. The van der Waals surface area contributed by atoms with Crippen molar-refractivity contribution in [2.45, 2.75) is 25.6 Å². The topological polar surface area (TPSA) is 117 Å². The summed E-state index contributed by atoms with van der Waals surface area (Å²) in [5.74, 6) is -3.10. The lowest BCUT2D eigenvalue weighted by Crippen LogP contribution is -2.41. The number of nitrogens with zero attached hydrogens (tertiary/aromatic N) is 3. The lowest BCUT2D eigenvalue weighted by molar-refractivity contribution is -0.131. The fourth-order valence-corrected chi connectivity index (χ4v) is 3.26. The summed E-state index contributed by atoms with van der Waals surface area (Å²) in [5.41, 5.74) is -1.03. The number of rotatable bonds is 6. The van der Waals surface area contributed by atoms with Crippen molar-refractivity contribution in [1.29, 1.82) is 0 Å². The molecule has 1 saturated heterocycles. The van der Waals surface area contributed by atoms with Crippen LogP contribution in [0.1, 0.15) is 34.6 Å². The number of amides is 4. The Morgan fingerprint density at radius 2 is 1.91 bits per heavy atom. The number of urea groups is 1. The molecule has 1 aromatic heterocycles. The highest BCUT2D eigenvalue weighted by Crippen LogP contribution is 2.30. The Balaban J connectivity index is 1.43. The first kappa shape index (κ1) is 21.1. The number of aromatic nitrogens is 2. The van der Waals surface area contributed by atoms with E-state index in [4.69, 9.17) is 4.52 Å². The minimum absolute atomic E-state index is 0.0239. The van der Waals surface area contributed by atoms with Crippen LogP contribution in [0.2, 0.25) is 0 Å². The summed E-state index contributed by atoms with van der Waals surface area (Å²) in [6, 6.07) is 10.8. The summed E-state index contributed by atoms with van der Waals surface area (Å²) in [4.78, 5) is 42.3. The molecule has 1 atom stereocenters. The lowest BCUT2D eigenvalue weighted by Gasteiger charge is -2.22. The van der Waals surface area contributed by atoms with Gasteiger partial charge in [0.2, 0.25) is 5.89 Å². The van der Waals surface area contributed by atoms with Gasteiger partial charge in [-0.05, 0) is 36.8 Å². The molecule has 164 valence electrons. The Labute approximate surface area is 180 Å². The first-order valence-corrected chi connectivity index (χ1v) is 9.52. The largest absolute Gasteiger partial charge is 0.345 e. The number of carbonyl (C=O) groups excluding carboxylic acids is 3. The molecule has 0 radical (unpaired) electrons. The average molecular weight is 441 g/mol. The highest BCUT2D eigenvalue weighted by Gasteiger charge is 2.49. The first-order valence-electron chi connectivity index (χ1n) is 9.52. The molecule has 1 aliphatic heterocycles. The molecule has 2 N–H and O–H groups in total. The van der Waals surface area contributed by atoms with Gasteiger partial charge in [-0.3, -0.25) is 14.5 Å². The van der Waals surface area contributed by atoms with Crippen LogP contribution in [-0.2, 0) is 23.4 Å². The molecule has 4 rings (SSSR count). The number of nitrogens with one attached hydrogen (secondary N) is 2. The molecule has 4 amide bonds. The maximum absolute atomic E-state index is 13.6. The zero-order chi connectivity index (χ0) is 22.9. The molecule has 0 aliphatic carbocycles. The van der Waals surface area contributed by atoms with Crippen LogP contribution >= 0.6 is 0 Å². The Bertz CT molecular complexity index is 1200. The maximum atomic E-state index is 13.6. The van der Waals surface area contributed by atoms with Crippen molar-refractivity contribution in [2.24, 2.45) is 0 Å². The van der Waals surface area contributed by atoms with Crippen molar-refractivity contribution in [2.75, 3.05) is 0 Å². The first-order chi connectivity index (χ1) is 15.3. The number of halogens is 2. The Morgan fingerprint density at radius 3 is 2.62 bits per heavy atom. The second-order valence-corrected chi connectivity index (χ2v) is 7.23. The summed E-state index contributed by atoms with van der Waals surface area (Å²) < 4.78 is 32.0. The van der Waals surface area contributed by atoms with Crippen molar-refractivity contribution < 1.29 is 27.7 Å². The zero-order valence-electron chi connectivity index (χ0n) is 16.8. The molecule has 0 spiro atoms. The molecule has 2 heterocycles. The quantitative estimate of drug-likeness (QED) is 0.567. The molecule has 0 saturated carbocycles. The molecule has 3 aromatic rings. The predicted octanol–water partition coefficient (Wildman–Crippen LogP) is 2.25. The Kier molecular flexibility index (Phi) is 5.39. The molecular formula is C21H17F2N5O4. The summed E-state index contributed by atoms with van der Waals surface area (Å²) in [6.45, 7) is 1.03. The van der Waals surface area contributed by atoms with Crippen LogP contribution in [-0.4, -0.2) is 32.9 Å². The van der Waals surface area contributed by atoms with Crippen LogP contribution in [0.25, 0.3) is 0 Å². The molecule has 32 heavy (non-hydrogen) atoms. The van der Waals surface area contributed by atoms with E-state index in [-0.39, 0.29) is 36.3 Å². The van der Waals surface area contributed by atoms with E-state index in [1.807, 2.05) is 0 Å². The van der Waals surface area contributed by atoms with E-state index in [9.17, 15) is 23.2 Å². The summed E-state index contributed by atoms with van der Waals surface area (Å²) in [7, 11) is 0. The Hall–Kier alpha value is -4.15. The molecule has 2 aromatic carbocycles. The van der Waals surface area contributed by atoms with Gasteiger partial charge in [-0.15, -0.1) is 0 Å². The Morgan fingerprint density at radius 1 is 1.16 bits per heavy atom. The van der Waals surface area contributed by atoms with Crippen LogP contribution < -0.4 is 10.6 Å². The predicted molar refractivity (Wildman–Crippen MR) is 105 cm³/mol. The second-order valence-electron chi connectivity index (χ2n) is 7.23. The van der Waals surface area contributed by atoms with Gasteiger partial charge >= 0.3 is 6.03 Å². The van der Waals surface area contributed by atoms with Crippen molar-refractivity contribution in [3.63, 3.8) is 0 Å². The van der Waals surface area contributed by atoms with Crippen molar-refractivity contribution in [3.8, 4) is 0 Å². The van der Waals surface area contributed by atoms with E-state index >= 15 is 0 Å². The van der Waals surface area contributed by atoms with Crippen LogP contribution in [0, 0.1) is 11.6 Å². The molecule has 11 heteroatoms. The third-order valence-corrected chi connectivity index (χ3v) is 5.02. The minimum Gasteiger partial charge on any atom is -0.345 e. The molecule has 1 aliphatic rings. The van der Waals surface area contributed by atoms with Gasteiger partial charge in [0.15, 0.2) is 17.5 Å². The van der Waals surface area contributed by atoms with E-state index in [1.54, 1.807) is 30.3 Å². The van der Waals surface area contributed by atoms with Crippen molar-refractivity contribution in [3.05, 3.63) is 83.0 Å². The van der Waals surface area contributed by atoms with Gasteiger partial charge in [0.05, 0.1) is 6.54 Å². The fourth-order valence-electron chi connectivity index (χ4n) is 3.26. The normalized spacial score (nSPS) is 18.0. The monoisotopic (exact) mass is 441 g/mol. The molecule has 0 bridgehead atoms. The van der Waals surface area contributed by atoms with E-state index in [1.165, 1.54) is 13.0 Å². The van der Waals surface area contributed by atoms with Crippen LogP contribution in [0.3, 0.4) is 0 Å². The van der Waals surface area contributed by atoms with Crippen LogP contribution in [0.15, 0.2) is 53.1 Å². The SMILES string of the molecule is C[C@]1(c2ccc(F)c(F)c2)NC(=O)N(Cc2nc(CNC(=O)c3ccccc3)no2)C1=O. The lowest BCUT2D eigenvalue weighted by atomic mass is 9.92. The minimum atomic E-state index is -1.59. The zero-order valence-corrected chi connectivity index (χ0v) is 16.8. The van der Waals surface area contributed by atoms with Gasteiger partial charge in [0, 0.05) is 5.56 Å². The van der Waals surface area contributed by atoms with E-state index in [0.717, 1.165) is 17.0 Å². The number of benzene rings is 2. The molecule has 0 unspecified atom stereocenters. The third-order valence-electron chi connectivity index (χ3n) is 5.02. The molecule has 9 nitrogen and oxygen atoms in total. The number of imide groups is 1. The second kappa shape index (κ2) is 8.17. The highest BCUT2D eigenvalue weighted by atomic mass is 19.2. The summed E-state index contributed by atoms with van der Waals surface area (Å²) in [6.07, 6.45) is 0. The van der Waals surface area contributed by atoms with Crippen molar-refractivity contribution >= 4 is 17.8 Å². The van der Waals surface area contributed by atoms with Crippen LogP contribution in [0.5, 0.6) is 0 Å². The van der Waals surface area contributed by atoms with Gasteiger partial charge in [0.1, 0.15) is 12.1 Å². The van der Waals surface area contributed by atoms with Gasteiger partial charge in [-0.1, -0.05) is 29.4 Å². The summed E-state index contributed by atoms with van der Waals surface area (Å²) in [5, 5.41) is 8.84. The number of carbonyl (C=O) groups is 3. The summed E-state index contributed by atoms with van der Waals surface area (Å²) >= 11 is 0. The fraction of sp³-hybridized carbons (Fsp3) is 0.190. The average Bonchev–Trinajstić information content (AvgIpc) is 3.33. The smallest absolute Gasteiger partial charge is 0.325 e. The van der Waals surface area contributed by atoms with E-state index in [0.29, 0.717) is 5.56 Å². The third kappa shape index (κ3) is 3.92. The van der Waals surface area contributed by atoms with Crippen molar-refractivity contribution in [1.82, 2.24) is 25.7 Å². The van der Waals surface area contributed by atoms with Gasteiger partial charge in [-0.2, -0.15) is 4.98 Å². The standard InChI is InChI=1S/C21H17F2N5O4/c1-21(13-7-8-14(22)15(23)9-13)19(30)28(20(31)26-21)11-17-25-16(27-32-17)10-24-18(29)12-5-3-2-4-6-12/h2-9H,10-11H2,1H3,(H,24,29)(H,26,31)/t21-/m1/s1. The number of hydrogen-bond donors (Lipinski definition) is 2. The number of hydrogen-bond acceptors (Lipinski definition) is 6.